The average molecular weight is 287 g/mol. The maximum absolute atomic E-state index is 6.15. The zero-order chi connectivity index (χ0) is 14.7. The maximum Gasteiger partial charge on any atom is 0.243 e. The summed E-state index contributed by atoms with van der Waals surface area (Å²) < 4.78 is 10.8. The van der Waals surface area contributed by atoms with Crippen molar-refractivity contribution in [2.24, 2.45) is 11.7 Å². The van der Waals surface area contributed by atoms with Gasteiger partial charge in [-0.05, 0) is 37.2 Å². The van der Waals surface area contributed by atoms with E-state index in [0.717, 1.165) is 12.8 Å². The van der Waals surface area contributed by atoms with Crippen LogP contribution in [0.3, 0.4) is 0 Å². The van der Waals surface area contributed by atoms with E-state index in [9.17, 15) is 0 Å². The second-order valence-corrected chi connectivity index (χ2v) is 5.62. The van der Waals surface area contributed by atoms with Crippen molar-refractivity contribution in [1.82, 2.24) is 10.1 Å². The van der Waals surface area contributed by atoms with Crippen molar-refractivity contribution in [3.63, 3.8) is 0 Å². The summed E-state index contributed by atoms with van der Waals surface area (Å²) in [4.78, 5) is 4.43. The number of nitrogens with two attached hydrogens (primary N) is 1. The summed E-state index contributed by atoms with van der Waals surface area (Å²) in [5, 5.41) is 4.03. The molecule has 1 saturated carbocycles. The highest BCUT2D eigenvalue weighted by atomic mass is 16.5. The second-order valence-electron chi connectivity index (χ2n) is 5.62. The molecule has 1 fully saturated rings. The van der Waals surface area contributed by atoms with Gasteiger partial charge in [-0.3, -0.25) is 0 Å². The molecule has 2 atom stereocenters. The second kappa shape index (κ2) is 6.37. The third kappa shape index (κ3) is 3.49. The Kier molecular flexibility index (Phi) is 4.31. The van der Waals surface area contributed by atoms with Crippen molar-refractivity contribution in [3.8, 4) is 0 Å². The average Bonchev–Trinajstić information content (AvgIpc) is 3.23. The predicted molar refractivity (Wildman–Crippen MR) is 78.5 cm³/mol. The van der Waals surface area contributed by atoms with Crippen LogP contribution >= 0.6 is 0 Å². The molecule has 1 aliphatic rings. The SMILES string of the molecule is COC(c1noc([C@@H](N)CCc2ccccc2)n1)C1CC1. The number of methoxy groups -OCH3 is 1. The van der Waals surface area contributed by atoms with Crippen molar-refractivity contribution in [3.05, 3.63) is 47.6 Å². The molecule has 0 radical (unpaired) electrons. The van der Waals surface area contributed by atoms with Crippen molar-refractivity contribution < 1.29 is 9.26 Å². The molecule has 21 heavy (non-hydrogen) atoms. The first kappa shape index (κ1) is 14.2. The van der Waals surface area contributed by atoms with Gasteiger partial charge >= 0.3 is 0 Å². The molecule has 5 nitrogen and oxygen atoms in total. The molecule has 2 N–H and O–H groups in total. The molecule has 0 aliphatic heterocycles. The highest BCUT2D eigenvalue weighted by Gasteiger charge is 2.35. The van der Waals surface area contributed by atoms with Gasteiger partial charge in [0.05, 0.1) is 6.04 Å². The third-order valence-corrected chi connectivity index (χ3v) is 3.92. The number of ether oxygens (including phenoxy) is 1. The van der Waals surface area contributed by atoms with Gasteiger partial charge in [0.1, 0.15) is 6.10 Å². The van der Waals surface area contributed by atoms with Crippen LogP contribution < -0.4 is 5.73 Å². The van der Waals surface area contributed by atoms with Gasteiger partial charge < -0.3 is 15.0 Å². The topological polar surface area (TPSA) is 74.2 Å². The number of hydrogen-bond acceptors (Lipinski definition) is 5. The molecule has 1 heterocycles. The minimum Gasteiger partial charge on any atom is -0.373 e. The summed E-state index contributed by atoms with van der Waals surface area (Å²) in [6, 6.07) is 10.0. The number of aryl methyl sites for hydroxylation is 1. The lowest BCUT2D eigenvalue weighted by molar-refractivity contribution is 0.0751. The van der Waals surface area contributed by atoms with Crippen molar-refractivity contribution in [1.29, 1.82) is 0 Å². The fraction of sp³-hybridized carbons (Fsp3) is 0.500. The predicted octanol–water partition coefficient (Wildman–Crippen LogP) is 2.80. The molecule has 112 valence electrons. The first-order valence-corrected chi connectivity index (χ1v) is 7.43. The molecule has 0 amide bonds. The minimum absolute atomic E-state index is 0.0520. The molecule has 1 aromatic carbocycles. The quantitative estimate of drug-likeness (QED) is 0.847. The lowest BCUT2D eigenvalue weighted by Crippen LogP contribution is -2.12. The Morgan fingerprint density at radius 1 is 1.33 bits per heavy atom. The highest BCUT2D eigenvalue weighted by molar-refractivity contribution is 5.15. The van der Waals surface area contributed by atoms with E-state index in [1.807, 2.05) is 18.2 Å². The molecule has 3 rings (SSSR count). The van der Waals surface area contributed by atoms with Crippen LogP contribution in [0.25, 0.3) is 0 Å². The van der Waals surface area contributed by atoms with Crippen molar-refractivity contribution in [2.45, 2.75) is 37.8 Å². The van der Waals surface area contributed by atoms with Gasteiger partial charge in [0, 0.05) is 7.11 Å². The number of aromatic nitrogens is 2. The lowest BCUT2D eigenvalue weighted by atomic mass is 10.1. The Hall–Kier alpha value is -1.72. The van der Waals surface area contributed by atoms with E-state index in [0.29, 0.717) is 17.6 Å². The standard InChI is InChI=1S/C16H21N3O2/c1-20-14(12-8-9-12)15-18-16(21-19-15)13(17)10-7-11-5-3-2-4-6-11/h2-6,12-14H,7-10,17H2,1H3/t13-,14?/m0/s1. The van der Waals surface area contributed by atoms with E-state index in [2.05, 4.69) is 22.3 Å². The van der Waals surface area contributed by atoms with Crippen LogP contribution in [-0.4, -0.2) is 17.3 Å². The molecule has 0 spiro atoms. The summed E-state index contributed by atoms with van der Waals surface area (Å²) >= 11 is 0. The van der Waals surface area contributed by atoms with Crippen molar-refractivity contribution in [2.75, 3.05) is 7.11 Å². The first-order valence-electron chi connectivity index (χ1n) is 7.43. The largest absolute Gasteiger partial charge is 0.373 e. The van der Waals surface area contributed by atoms with E-state index >= 15 is 0 Å². The van der Waals surface area contributed by atoms with Gasteiger partial charge in [-0.25, -0.2) is 0 Å². The maximum atomic E-state index is 6.15. The summed E-state index contributed by atoms with van der Waals surface area (Å²) in [5.74, 6) is 1.66. The molecule has 1 aliphatic carbocycles. The summed E-state index contributed by atoms with van der Waals surface area (Å²) in [6.07, 6.45) is 3.97. The lowest BCUT2D eigenvalue weighted by Gasteiger charge is -2.09. The van der Waals surface area contributed by atoms with E-state index < -0.39 is 0 Å². The molecular weight excluding hydrogens is 266 g/mol. The molecule has 0 bridgehead atoms. The smallest absolute Gasteiger partial charge is 0.243 e. The molecule has 1 unspecified atom stereocenters. The third-order valence-electron chi connectivity index (χ3n) is 3.92. The minimum atomic E-state index is -0.233. The van der Waals surface area contributed by atoms with Gasteiger partial charge in [-0.1, -0.05) is 35.5 Å². The number of benzene rings is 1. The van der Waals surface area contributed by atoms with Gasteiger partial charge in [-0.2, -0.15) is 4.98 Å². The van der Waals surface area contributed by atoms with Gasteiger partial charge in [-0.15, -0.1) is 0 Å². The zero-order valence-electron chi connectivity index (χ0n) is 12.2. The molecular formula is C16H21N3O2. The van der Waals surface area contributed by atoms with Crippen molar-refractivity contribution >= 4 is 0 Å². The van der Waals surface area contributed by atoms with E-state index in [1.54, 1.807) is 7.11 Å². The van der Waals surface area contributed by atoms with Crippen LogP contribution in [0.4, 0.5) is 0 Å². The number of nitrogens with zero attached hydrogens (tertiary/aromatic N) is 2. The van der Waals surface area contributed by atoms with Gasteiger partial charge in [0.25, 0.3) is 0 Å². The number of rotatable bonds is 7. The van der Waals surface area contributed by atoms with Gasteiger partial charge in [0.15, 0.2) is 0 Å². The fourth-order valence-corrected chi connectivity index (χ4v) is 2.51. The number of hydrogen-bond donors (Lipinski definition) is 1. The fourth-order valence-electron chi connectivity index (χ4n) is 2.51. The Morgan fingerprint density at radius 3 is 2.76 bits per heavy atom. The van der Waals surface area contributed by atoms with Crippen LogP contribution in [0, 0.1) is 5.92 Å². The Bertz CT molecular complexity index is 566. The Balaban J connectivity index is 1.60. The summed E-state index contributed by atoms with van der Waals surface area (Å²) in [5.41, 5.74) is 7.42. The monoisotopic (exact) mass is 287 g/mol. The highest BCUT2D eigenvalue weighted by Crippen LogP contribution is 2.42. The van der Waals surface area contributed by atoms with E-state index in [1.165, 1.54) is 18.4 Å². The van der Waals surface area contributed by atoms with Crippen LogP contribution in [-0.2, 0) is 11.2 Å². The van der Waals surface area contributed by atoms with Crippen LogP contribution in [0.1, 0.15) is 48.7 Å². The zero-order valence-corrected chi connectivity index (χ0v) is 12.2. The Labute approximate surface area is 124 Å². The summed E-state index contributed by atoms with van der Waals surface area (Å²) in [6.45, 7) is 0. The van der Waals surface area contributed by atoms with E-state index in [-0.39, 0.29) is 12.1 Å². The van der Waals surface area contributed by atoms with E-state index in [4.69, 9.17) is 15.0 Å². The molecule has 2 aromatic rings. The molecule has 0 saturated heterocycles. The van der Waals surface area contributed by atoms with Gasteiger partial charge in [0.2, 0.25) is 11.7 Å². The Morgan fingerprint density at radius 2 is 2.10 bits per heavy atom. The van der Waals surface area contributed by atoms with Crippen LogP contribution in [0.15, 0.2) is 34.9 Å². The van der Waals surface area contributed by atoms with Crippen LogP contribution in [0.2, 0.25) is 0 Å². The first-order chi connectivity index (χ1) is 10.3. The molecule has 1 aromatic heterocycles. The molecule has 5 heteroatoms. The normalized spacial score (nSPS) is 17.6. The van der Waals surface area contributed by atoms with Crippen LogP contribution in [0.5, 0.6) is 0 Å². The summed E-state index contributed by atoms with van der Waals surface area (Å²) in [7, 11) is 1.69.